The van der Waals surface area contributed by atoms with Crippen LogP contribution in [0.4, 0.5) is 5.69 Å². The van der Waals surface area contributed by atoms with E-state index in [1.54, 1.807) is 0 Å². The van der Waals surface area contributed by atoms with E-state index in [2.05, 4.69) is 44.2 Å². The van der Waals surface area contributed by atoms with Crippen molar-refractivity contribution >= 4 is 33.2 Å². The lowest BCUT2D eigenvalue weighted by Crippen LogP contribution is -2.45. The predicted octanol–water partition coefficient (Wildman–Crippen LogP) is 3.07. The van der Waals surface area contributed by atoms with Gasteiger partial charge in [0.1, 0.15) is 0 Å². The van der Waals surface area contributed by atoms with Gasteiger partial charge in [-0.2, -0.15) is 0 Å². The topological polar surface area (TPSA) is 18.5 Å². The number of anilines is 1. The van der Waals surface area contributed by atoms with Gasteiger partial charge in [0.05, 0.1) is 0 Å². The highest BCUT2D eigenvalue weighted by atomic mass is 79.9. The molecule has 1 aliphatic heterocycles. The molecule has 1 saturated heterocycles. The van der Waals surface area contributed by atoms with Crippen LogP contribution in [0.3, 0.4) is 0 Å². The summed E-state index contributed by atoms with van der Waals surface area (Å²) in [5.41, 5.74) is 2.17. The highest BCUT2D eigenvalue weighted by Gasteiger charge is 2.13. The average molecular weight is 347 g/mol. The molecular weight excluding hydrogens is 326 g/mol. The average Bonchev–Trinajstić information content (AvgIpc) is 2.38. The van der Waals surface area contributed by atoms with Crippen molar-refractivity contribution in [3.05, 3.63) is 27.2 Å². The number of nitrogens with zero attached hydrogens (tertiary/aromatic N) is 2. The number of halogens is 2. The van der Waals surface area contributed by atoms with Crippen LogP contribution < -0.4 is 5.32 Å². The molecule has 1 aliphatic rings. The molecule has 19 heavy (non-hydrogen) atoms. The number of nitrogens with one attached hydrogen (secondary N) is 1. The first-order chi connectivity index (χ1) is 9.06. The third-order valence-electron chi connectivity index (χ3n) is 3.59. The SMILES string of the molecule is Cc1cc(Br)c(NCCN2CCN(C)CC2)cc1Cl. The summed E-state index contributed by atoms with van der Waals surface area (Å²) >= 11 is 9.73. The van der Waals surface area contributed by atoms with Gasteiger partial charge in [-0.3, -0.25) is 4.90 Å². The van der Waals surface area contributed by atoms with Crippen molar-refractivity contribution in [2.24, 2.45) is 0 Å². The van der Waals surface area contributed by atoms with Gasteiger partial charge in [-0.05, 0) is 47.6 Å². The van der Waals surface area contributed by atoms with Crippen LogP contribution in [0.15, 0.2) is 16.6 Å². The predicted molar refractivity (Wildman–Crippen MR) is 86.3 cm³/mol. The molecule has 1 aromatic rings. The quantitative estimate of drug-likeness (QED) is 0.904. The monoisotopic (exact) mass is 345 g/mol. The Bertz CT molecular complexity index is 431. The lowest BCUT2D eigenvalue weighted by atomic mass is 10.2. The first-order valence-corrected chi connectivity index (χ1v) is 7.84. The molecule has 1 fully saturated rings. The van der Waals surface area contributed by atoms with E-state index in [0.29, 0.717) is 0 Å². The van der Waals surface area contributed by atoms with Gasteiger partial charge < -0.3 is 10.2 Å². The van der Waals surface area contributed by atoms with Gasteiger partial charge in [-0.15, -0.1) is 0 Å². The van der Waals surface area contributed by atoms with E-state index in [4.69, 9.17) is 11.6 Å². The number of aryl methyl sites for hydroxylation is 1. The Balaban J connectivity index is 1.81. The van der Waals surface area contributed by atoms with Crippen molar-refractivity contribution in [3.8, 4) is 0 Å². The number of benzene rings is 1. The summed E-state index contributed by atoms with van der Waals surface area (Å²) in [6.45, 7) is 8.69. The van der Waals surface area contributed by atoms with E-state index >= 15 is 0 Å². The van der Waals surface area contributed by atoms with Crippen molar-refractivity contribution in [2.75, 3.05) is 51.6 Å². The van der Waals surface area contributed by atoms with Crippen LogP contribution in [0.1, 0.15) is 5.56 Å². The Labute approximate surface area is 129 Å². The van der Waals surface area contributed by atoms with Gasteiger partial charge in [0, 0.05) is 54.5 Å². The third kappa shape index (κ3) is 4.35. The fourth-order valence-corrected chi connectivity index (χ4v) is 2.96. The maximum Gasteiger partial charge on any atom is 0.0500 e. The third-order valence-corrected chi connectivity index (χ3v) is 4.65. The minimum Gasteiger partial charge on any atom is -0.383 e. The molecule has 3 nitrogen and oxygen atoms in total. The van der Waals surface area contributed by atoms with Crippen molar-refractivity contribution < 1.29 is 0 Å². The van der Waals surface area contributed by atoms with Crippen LogP contribution in [0.2, 0.25) is 5.02 Å². The number of hydrogen-bond acceptors (Lipinski definition) is 3. The maximum atomic E-state index is 6.15. The fourth-order valence-electron chi connectivity index (χ4n) is 2.20. The molecule has 106 valence electrons. The number of rotatable bonds is 4. The molecule has 0 unspecified atom stereocenters. The van der Waals surface area contributed by atoms with E-state index in [1.165, 1.54) is 13.1 Å². The van der Waals surface area contributed by atoms with Crippen molar-refractivity contribution in [3.63, 3.8) is 0 Å². The van der Waals surface area contributed by atoms with E-state index in [0.717, 1.165) is 46.9 Å². The largest absolute Gasteiger partial charge is 0.383 e. The van der Waals surface area contributed by atoms with E-state index in [1.807, 2.05) is 13.0 Å². The zero-order chi connectivity index (χ0) is 13.8. The molecule has 5 heteroatoms. The first kappa shape index (κ1) is 15.1. The molecule has 0 bridgehead atoms. The standard InChI is InChI=1S/C14H21BrClN3/c1-11-9-12(15)14(10-13(11)16)17-3-4-19-7-5-18(2)6-8-19/h9-10,17H,3-8H2,1-2H3. The Morgan fingerprint density at radius 1 is 1.26 bits per heavy atom. The molecule has 1 heterocycles. The second kappa shape index (κ2) is 6.93. The minimum atomic E-state index is 0.810. The maximum absolute atomic E-state index is 6.15. The zero-order valence-corrected chi connectivity index (χ0v) is 13.9. The number of hydrogen-bond donors (Lipinski definition) is 1. The Hall–Kier alpha value is -0.290. The van der Waals surface area contributed by atoms with Crippen molar-refractivity contribution in [1.29, 1.82) is 0 Å². The summed E-state index contributed by atoms with van der Waals surface area (Å²) in [7, 11) is 2.18. The molecule has 0 radical (unpaired) electrons. The molecule has 1 N–H and O–H groups in total. The second-order valence-electron chi connectivity index (χ2n) is 5.15. The number of piperazine rings is 1. The first-order valence-electron chi connectivity index (χ1n) is 6.66. The molecule has 0 aliphatic carbocycles. The second-order valence-corrected chi connectivity index (χ2v) is 6.41. The Kier molecular flexibility index (Phi) is 5.51. The Morgan fingerprint density at radius 2 is 1.95 bits per heavy atom. The van der Waals surface area contributed by atoms with Gasteiger partial charge in [-0.25, -0.2) is 0 Å². The van der Waals surface area contributed by atoms with E-state index in [9.17, 15) is 0 Å². The molecule has 1 aromatic carbocycles. The minimum absolute atomic E-state index is 0.810. The summed E-state index contributed by atoms with van der Waals surface area (Å²) < 4.78 is 1.08. The number of likely N-dealkylation sites (N-methyl/N-ethyl adjacent to an activating group) is 1. The lowest BCUT2D eigenvalue weighted by Gasteiger charge is -2.32. The van der Waals surface area contributed by atoms with Crippen LogP contribution in [-0.4, -0.2) is 56.1 Å². The van der Waals surface area contributed by atoms with Gasteiger partial charge in [0.25, 0.3) is 0 Å². The Morgan fingerprint density at radius 3 is 2.63 bits per heavy atom. The van der Waals surface area contributed by atoms with Crippen LogP contribution in [0, 0.1) is 6.92 Å². The molecule has 0 atom stereocenters. The summed E-state index contributed by atoms with van der Waals surface area (Å²) in [5.74, 6) is 0. The van der Waals surface area contributed by atoms with Gasteiger partial charge in [-0.1, -0.05) is 11.6 Å². The normalized spacial score (nSPS) is 17.7. The zero-order valence-electron chi connectivity index (χ0n) is 11.5. The molecule has 0 aromatic heterocycles. The highest BCUT2D eigenvalue weighted by Crippen LogP contribution is 2.28. The van der Waals surface area contributed by atoms with Crippen LogP contribution in [0.5, 0.6) is 0 Å². The van der Waals surface area contributed by atoms with E-state index < -0.39 is 0 Å². The van der Waals surface area contributed by atoms with Crippen molar-refractivity contribution in [1.82, 2.24) is 9.80 Å². The molecule has 2 rings (SSSR count). The molecule has 0 amide bonds. The smallest absolute Gasteiger partial charge is 0.0500 e. The molecule has 0 spiro atoms. The van der Waals surface area contributed by atoms with Crippen molar-refractivity contribution in [2.45, 2.75) is 6.92 Å². The lowest BCUT2D eigenvalue weighted by molar-refractivity contribution is 0.158. The summed E-state index contributed by atoms with van der Waals surface area (Å²) in [6.07, 6.45) is 0. The fraction of sp³-hybridized carbons (Fsp3) is 0.571. The van der Waals surface area contributed by atoms with Gasteiger partial charge in [0.15, 0.2) is 0 Å². The molecular formula is C14H21BrClN3. The van der Waals surface area contributed by atoms with Crippen LogP contribution in [0.25, 0.3) is 0 Å². The summed E-state index contributed by atoms with van der Waals surface area (Å²) in [4.78, 5) is 4.87. The summed E-state index contributed by atoms with van der Waals surface area (Å²) in [6, 6.07) is 4.05. The summed E-state index contributed by atoms with van der Waals surface area (Å²) in [5, 5.41) is 4.26. The van der Waals surface area contributed by atoms with Gasteiger partial charge >= 0.3 is 0 Å². The highest BCUT2D eigenvalue weighted by molar-refractivity contribution is 9.10. The van der Waals surface area contributed by atoms with Crippen LogP contribution in [-0.2, 0) is 0 Å². The molecule has 0 saturated carbocycles. The van der Waals surface area contributed by atoms with E-state index in [-0.39, 0.29) is 0 Å². The van der Waals surface area contributed by atoms with Gasteiger partial charge in [0.2, 0.25) is 0 Å². The van der Waals surface area contributed by atoms with Crippen LogP contribution >= 0.6 is 27.5 Å².